The fourth-order valence-electron chi connectivity index (χ4n) is 3.73. The lowest BCUT2D eigenvalue weighted by molar-refractivity contribution is 0.0669. The number of carbonyl (C=O) groups excluding carboxylic acids is 1. The molecule has 0 spiro atoms. The quantitative estimate of drug-likeness (QED) is 0.839. The molecule has 2 aliphatic rings. The van der Waals surface area contributed by atoms with Crippen molar-refractivity contribution in [2.45, 2.75) is 64.0 Å². The second-order valence-electron chi connectivity index (χ2n) is 7.68. The lowest BCUT2D eigenvalue weighted by Crippen LogP contribution is -2.46. The summed E-state index contributed by atoms with van der Waals surface area (Å²) in [6.45, 7) is 8.50. The highest BCUT2D eigenvalue weighted by Crippen LogP contribution is 2.32. The van der Waals surface area contributed by atoms with Crippen LogP contribution >= 0.6 is 11.3 Å². The van der Waals surface area contributed by atoms with E-state index in [0.717, 1.165) is 35.8 Å². The first kappa shape index (κ1) is 15.9. The molecule has 0 N–H and O–H groups in total. The van der Waals surface area contributed by atoms with Gasteiger partial charge >= 0.3 is 0 Å². The largest absolute Gasteiger partial charge is 0.333 e. The first-order chi connectivity index (χ1) is 10.4. The van der Waals surface area contributed by atoms with Crippen molar-refractivity contribution in [1.82, 2.24) is 14.8 Å². The number of carbonyl (C=O) groups is 1. The molecule has 1 aromatic heterocycles. The SMILES string of the molecule is CN1CCC[C@@H]1[C@H]1CCCN1C(=O)c1cnc(C(C)(C)C)s1. The van der Waals surface area contributed by atoms with Gasteiger partial charge in [-0.2, -0.15) is 0 Å². The summed E-state index contributed by atoms with van der Waals surface area (Å²) in [6.07, 6.45) is 6.54. The zero-order chi connectivity index (χ0) is 15.9. The monoisotopic (exact) mass is 321 g/mol. The molecule has 2 atom stereocenters. The second-order valence-corrected chi connectivity index (χ2v) is 8.71. The van der Waals surface area contributed by atoms with Crippen molar-refractivity contribution in [3.05, 3.63) is 16.1 Å². The normalized spacial score (nSPS) is 26.8. The van der Waals surface area contributed by atoms with Gasteiger partial charge in [0.2, 0.25) is 0 Å². The lowest BCUT2D eigenvalue weighted by atomic mass is 9.98. The van der Waals surface area contributed by atoms with Gasteiger partial charge in [-0.25, -0.2) is 4.98 Å². The van der Waals surface area contributed by atoms with Crippen molar-refractivity contribution in [2.75, 3.05) is 20.1 Å². The maximum Gasteiger partial charge on any atom is 0.265 e. The minimum atomic E-state index is 0.0132. The molecule has 0 radical (unpaired) electrons. The van der Waals surface area contributed by atoms with Crippen LogP contribution in [0.3, 0.4) is 0 Å². The fourth-order valence-corrected chi connectivity index (χ4v) is 4.66. The van der Waals surface area contributed by atoms with Crippen LogP contribution in [0, 0.1) is 0 Å². The molecule has 122 valence electrons. The molecule has 5 heteroatoms. The van der Waals surface area contributed by atoms with Gasteiger partial charge in [-0.1, -0.05) is 20.8 Å². The van der Waals surface area contributed by atoms with Crippen molar-refractivity contribution in [2.24, 2.45) is 0 Å². The lowest BCUT2D eigenvalue weighted by Gasteiger charge is -2.33. The maximum absolute atomic E-state index is 12.9. The van der Waals surface area contributed by atoms with Gasteiger partial charge in [-0.15, -0.1) is 11.3 Å². The van der Waals surface area contributed by atoms with E-state index in [1.54, 1.807) is 17.5 Å². The smallest absolute Gasteiger partial charge is 0.265 e. The van der Waals surface area contributed by atoms with Crippen LogP contribution in [0.2, 0.25) is 0 Å². The summed E-state index contributed by atoms with van der Waals surface area (Å²) in [4.78, 5) is 22.8. The Bertz CT molecular complexity index is 548. The molecule has 4 nitrogen and oxygen atoms in total. The number of likely N-dealkylation sites (tertiary alicyclic amines) is 2. The van der Waals surface area contributed by atoms with Crippen LogP contribution in [-0.2, 0) is 5.41 Å². The molecule has 2 aliphatic heterocycles. The minimum Gasteiger partial charge on any atom is -0.333 e. The second kappa shape index (κ2) is 5.93. The highest BCUT2D eigenvalue weighted by Gasteiger charge is 2.39. The number of nitrogens with zero attached hydrogens (tertiary/aromatic N) is 3. The highest BCUT2D eigenvalue weighted by atomic mass is 32.1. The van der Waals surface area contributed by atoms with Crippen molar-refractivity contribution < 1.29 is 4.79 Å². The van der Waals surface area contributed by atoms with E-state index in [1.807, 2.05) is 0 Å². The molecular formula is C17H27N3OS. The van der Waals surface area contributed by atoms with Gasteiger partial charge in [-0.05, 0) is 39.3 Å². The summed E-state index contributed by atoms with van der Waals surface area (Å²) in [7, 11) is 2.20. The van der Waals surface area contributed by atoms with Crippen molar-refractivity contribution in [1.29, 1.82) is 0 Å². The maximum atomic E-state index is 12.9. The number of rotatable bonds is 2. The molecule has 0 aliphatic carbocycles. The van der Waals surface area contributed by atoms with E-state index in [0.29, 0.717) is 12.1 Å². The van der Waals surface area contributed by atoms with Crippen LogP contribution in [0.5, 0.6) is 0 Å². The average molecular weight is 321 g/mol. The number of likely N-dealkylation sites (N-methyl/N-ethyl adjacent to an activating group) is 1. The summed E-state index contributed by atoms with van der Waals surface area (Å²) in [6, 6.07) is 0.932. The third kappa shape index (κ3) is 2.93. The Labute approximate surface area is 137 Å². The number of thiazole rings is 1. The van der Waals surface area contributed by atoms with Gasteiger partial charge in [0.1, 0.15) is 4.88 Å². The van der Waals surface area contributed by atoms with E-state index >= 15 is 0 Å². The number of hydrogen-bond donors (Lipinski definition) is 0. The topological polar surface area (TPSA) is 36.4 Å². The van der Waals surface area contributed by atoms with Crippen molar-refractivity contribution in [3.8, 4) is 0 Å². The van der Waals surface area contributed by atoms with E-state index in [2.05, 4.69) is 42.6 Å². The summed E-state index contributed by atoms with van der Waals surface area (Å²) in [5.74, 6) is 0.191. The Kier molecular flexibility index (Phi) is 4.29. The van der Waals surface area contributed by atoms with Crippen LogP contribution in [0.25, 0.3) is 0 Å². The molecule has 1 amide bonds. The summed E-state index contributed by atoms with van der Waals surface area (Å²) in [5, 5.41) is 1.05. The number of hydrogen-bond acceptors (Lipinski definition) is 4. The molecule has 0 aromatic carbocycles. The summed E-state index contributed by atoms with van der Waals surface area (Å²) in [5.41, 5.74) is 0.0132. The van der Waals surface area contributed by atoms with Crippen LogP contribution in [0.15, 0.2) is 6.20 Å². The molecule has 22 heavy (non-hydrogen) atoms. The molecule has 0 unspecified atom stereocenters. The average Bonchev–Trinajstić information content (AvgIpc) is 3.16. The number of amides is 1. The van der Waals surface area contributed by atoms with Gasteiger partial charge in [0.15, 0.2) is 0 Å². The molecule has 0 bridgehead atoms. The summed E-state index contributed by atoms with van der Waals surface area (Å²) < 4.78 is 0. The molecule has 2 fully saturated rings. The standard InChI is InChI=1S/C17H27N3OS/c1-17(2,3)16-18-11-14(22-16)15(21)20-10-6-8-13(20)12-7-5-9-19(12)4/h11-13H,5-10H2,1-4H3/t12-,13-/m1/s1. The third-order valence-corrected chi connectivity index (χ3v) is 6.35. The van der Waals surface area contributed by atoms with E-state index in [9.17, 15) is 4.79 Å². The van der Waals surface area contributed by atoms with Gasteiger partial charge in [0.25, 0.3) is 5.91 Å². The Balaban J connectivity index is 1.77. The minimum absolute atomic E-state index is 0.0132. The predicted octanol–water partition coefficient (Wildman–Crippen LogP) is 3.14. The molecular weight excluding hydrogens is 294 g/mol. The Morgan fingerprint density at radius 2 is 1.91 bits per heavy atom. The van der Waals surface area contributed by atoms with E-state index in [-0.39, 0.29) is 11.3 Å². The van der Waals surface area contributed by atoms with Gasteiger partial charge in [0.05, 0.1) is 11.2 Å². The fraction of sp³-hybridized carbons (Fsp3) is 0.765. The third-order valence-electron chi connectivity index (χ3n) is 4.94. The van der Waals surface area contributed by atoms with Crippen LogP contribution in [0.4, 0.5) is 0 Å². The van der Waals surface area contributed by atoms with E-state index < -0.39 is 0 Å². The summed E-state index contributed by atoms with van der Waals surface area (Å²) >= 11 is 1.56. The van der Waals surface area contributed by atoms with Gasteiger partial charge < -0.3 is 9.80 Å². The Hall–Kier alpha value is -0.940. The van der Waals surface area contributed by atoms with E-state index in [1.165, 1.54) is 12.8 Å². The number of aromatic nitrogens is 1. The Morgan fingerprint density at radius 1 is 1.23 bits per heavy atom. The predicted molar refractivity (Wildman–Crippen MR) is 90.5 cm³/mol. The van der Waals surface area contributed by atoms with Crippen LogP contribution in [-0.4, -0.2) is 52.9 Å². The zero-order valence-electron chi connectivity index (χ0n) is 14.1. The van der Waals surface area contributed by atoms with Gasteiger partial charge in [-0.3, -0.25) is 4.79 Å². The molecule has 1 aromatic rings. The first-order valence-electron chi connectivity index (χ1n) is 8.35. The molecule has 0 saturated carbocycles. The van der Waals surface area contributed by atoms with E-state index in [4.69, 9.17) is 0 Å². The van der Waals surface area contributed by atoms with Crippen molar-refractivity contribution in [3.63, 3.8) is 0 Å². The van der Waals surface area contributed by atoms with Crippen molar-refractivity contribution >= 4 is 17.2 Å². The Morgan fingerprint density at radius 3 is 2.50 bits per heavy atom. The molecule has 3 rings (SSSR count). The highest BCUT2D eigenvalue weighted by molar-refractivity contribution is 7.13. The van der Waals surface area contributed by atoms with Crippen LogP contribution < -0.4 is 0 Å². The zero-order valence-corrected chi connectivity index (χ0v) is 14.9. The van der Waals surface area contributed by atoms with Gasteiger partial charge in [0, 0.05) is 24.0 Å². The van der Waals surface area contributed by atoms with Crippen LogP contribution in [0.1, 0.15) is 61.1 Å². The molecule has 3 heterocycles. The first-order valence-corrected chi connectivity index (χ1v) is 9.17. The molecule has 2 saturated heterocycles.